The third-order valence-electron chi connectivity index (χ3n) is 2.18. The number of alkyl carbamates (subject to hydrolysis) is 1. The first-order valence-corrected chi connectivity index (χ1v) is 5.52. The first-order chi connectivity index (χ1) is 6.75. The van der Waals surface area contributed by atoms with Gasteiger partial charge in [0.2, 0.25) is 0 Å². The quantitative estimate of drug-likeness (QED) is 0.799. The van der Waals surface area contributed by atoms with Gasteiger partial charge in [-0.05, 0) is 40.3 Å². The molecule has 1 fully saturated rings. The Bertz CT molecular complexity index is 359. The van der Waals surface area contributed by atoms with Gasteiger partial charge >= 0.3 is 6.09 Å². The molecule has 2 rings (SSSR count). The Morgan fingerprint density at radius 2 is 2.27 bits per heavy atom. The molecule has 1 aromatic rings. The Morgan fingerprint density at radius 3 is 2.93 bits per heavy atom. The molecule has 1 N–H and O–H groups in total. The van der Waals surface area contributed by atoms with Crippen LogP contribution in [0.25, 0.3) is 0 Å². The SMILES string of the molecule is Cl.O=C1N[C@H](c2cccc(I)c2)CCO1. The Morgan fingerprint density at radius 1 is 1.47 bits per heavy atom. The van der Waals surface area contributed by atoms with E-state index in [0.717, 1.165) is 12.0 Å². The van der Waals surface area contributed by atoms with Crippen molar-refractivity contribution in [3.05, 3.63) is 33.4 Å². The van der Waals surface area contributed by atoms with E-state index in [1.165, 1.54) is 3.57 Å². The summed E-state index contributed by atoms with van der Waals surface area (Å²) in [7, 11) is 0. The second-order valence-corrected chi connectivity index (χ2v) is 4.42. The van der Waals surface area contributed by atoms with Crippen molar-refractivity contribution in [3.63, 3.8) is 0 Å². The first kappa shape index (κ1) is 12.6. The summed E-state index contributed by atoms with van der Waals surface area (Å²) >= 11 is 2.26. The number of cyclic esters (lactones) is 1. The number of hydrogen-bond acceptors (Lipinski definition) is 2. The number of ether oxygens (including phenoxy) is 1. The average molecular weight is 340 g/mol. The summed E-state index contributed by atoms with van der Waals surface area (Å²) in [5, 5.41) is 2.80. The second kappa shape index (κ2) is 5.55. The zero-order chi connectivity index (χ0) is 9.97. The lowest BCUT2D eigenvalue weighted by Gasteiger charge is -2.23. The summed E-state index contributed by atoms with van der Waals surface area (Å²) in [6.45, 7) is 0.502. The molecular weight excluding hydrogens is 328 g/mol. The number of amides is 1. The zero-order valence-electron chi connectivity index (χ0n) is 7.90. The van der Waals surface area contributed by atoms with Crippen molar-refractivity contribution in [1.29, 1.82) is 0 Å². The lowest BCUT2D eigenvalue weighted by Crippen LogP contribution is -2.35. The van der Waals surface area contributed by atoms with Crippen LogP contribution < -0.4 is 5.32 Å². The van der Waals surface area contributed by atoms with Gasteiger partial charge in [-0.1, -0.05) is 12.1 Å². The van der Waals surface area contributed by atoms with Crippen molar-refractivity contribution < 1.29 is 9.53 Å². The molecule has 0 saturated carbocycles. The predicted octanol–water partition coefficient (Wildman–Crippen LogP) is 2.88. The molecule has 0 aromatic heterocycles. The van der Waals surface area contributed by atoms with E-state index in [0.29, 0.717) is 6.61 Å². The van der Waals surface area contributed by atoms with Gasteiger partial charge in [-0.2, -0.15) is 0 Å². The van der Waals surface area contributed by atoms with Gasteiger partial charge < -0.3 is 10.1 Å². The number of benzene rings is 1. The Hall–Kier alpha value is -0.490. The highest BCUT2D eigenvalue weighted by atomic mass is 127. The van der Waals surface area contributed by atoms with Gasteiger partial charge in [0, 0.05) is 9.99 Å². The molecule has 5 heteroatoms. The zero-order valence-corrected chi connectivity index (χ0v) is 10.9. The molecule has 0 spiro atoms. The number of halogens is 2. The van der Waals surface area contributed by atoms with Crippen LogP contribution in [0.2, 0.25) is 0 Å². The fourth-order valence-electron chi connectivity index (χ4n) is 1.50. The maximum absolute atomic E-state index is 11.0. The van der Waals surface area contributed by atoms with Crippen molar-refractivity contribution in [3.8, 4) is 0 Å². The molecule has 1 heterocycles. The largest absolute Gasteiger partial charge is 0.449 e. The molecule has 0 bridgehead atoms. The molecule has 0 radical (unpaired) electrons. The fraction of sp³-hybridized carbons (Fsp3) is 0.300. The van der Waals surface area contributed by atoms with Crippen LogP contribution in [0.5, 0.6) is 0 Å². The molecule has 1 amide bonds. The molecule has 82 valence electrons. The van der Waals surface area contributed by atoms with Crippen molar-refractivity contribution in [2.75, 3.05) is 6.61 Å². The molecular formula is C10H11ClINO2. The summed E-state index contributed by atoms with van der Waals surface area (Å²) in [5.41, 5.74) is 1.15. The summed E-state index contributed by atoms with van der Waals surface area (Å²) in [5.74, 6) is 0. The molecule has 3 nitrogen and oxygen atoms in total. The van der Waals surface area contributed by atoms with Crippen LogP contribution in [0.4, 0.5) is 4.79 Å². The normalized spacial score (nSPS) is 19.8. The van der Waals surface area contributed by atoms with Crippen LogP contribution in [0.3, 0.4) is 0 Å². The lowest BCUT2D eigenvalue weighted by molar-refractivity contribution is 0.115. The van der Waals surface area contributed by atoms with E-state index in [4.69, 9.17) is 4.74 Å². The maximum Gasteiger partial charge on any atom is 0.407 e. The van der Waals surface area contributed by atoms with Gasteiger partial charge in [0.25, 0.3) is 0 Å². The van der Waals surface area contributed by atoms with Gasteiger partial charge in [-0.3, -0.25) is 0 Å². The van der Waals surface area contributed by atoms with Crippen LogP contribution in [0.15, 0.2) is 24.3 Å². The van der Waals surface area contributed by atoms with Crippen molar-refractivity contribution in [2.24, 2.45) is 0 Å². The molecule has 1 saturated heterocycles. The number of hydrogen-bond donors (Lipinski definition) is 1. The summed E-state index contributed by atoms with van der Waals surface area (Å²) in [4.78, 5) is 11.0. The standard InChI is InChI=1S/C10H10INO2.ClH/c11-8-3-1-2-7(6-8)9-4-5-14-10(13)12-9;/h1-3,6,9H,4-5H2,(H,12,13);1H/t9-;/m0./s1. The molecule has 1 atom stereocenters. The monoisotopic (exact) mass is 339 g/mol. The molecule has 0 unspecified atom stereocenters. The second-order valence-electron chi connectivity index (χ2n) is 3.18. The minimum Gasteiger partial charge on any atom is -0.449 e. The molecule has 0 aliphatic carbocycles. The van der Waals surface area contributed by atoms with Crippen LogP contribution >= 0.6 is 35.0 Å². The molecule has 15 heavy (non-hydrogen) atoms. The van der Waals surface area contributed by atoms with E-state index in [2.05, 4.69) is 34.0 Å². The van der Waals surface area contributed by atoms with Gasteiger partial charge in [0.1, 0.15) is 0 Å². The van der Waals surface area contributed by atoms with Gasteiger partial charge in [-0.25, -0.2) is 4.79 Å². The van der Waals surface area contributed by atoms with E-state index < -0.39 is 0 Å². The fourth-order valence-corrected chi connectivity index (χ4v) is 2.07. The van der Waals surface area contributed by atoms with E-state index in [-0.39, 0.29) is 24.5 Å². The van der Waals surface area contributed by atoms with E-state index in [1.807, 2.05) is 18.2 Å². The van der Waals surface area contributed by atoms with Crippen molar-refractivity contribution in [2.45, 2.75) is 12.5 Å². The smallest absolute Gasteiger partial charge is 0.407 e. The predicted molar refractivity (Wildman–Crippen MR) is 68.2 cm³/mol. The number of rotatable bonds is 1. The number of carbonyl (C=O) groups is 1. The van der Waals surface area contributed by atoms with Gasteiger partial charge in [-0.15, -0.1) is 12.4 Å². The Labute approximate surface area is 108 Å². The third-order valence-corrected chi connectivity index (χ3v) is 2.85. The minimum atomic E-state index is -0.319. The highest BCUT2D eigenvalue weighted by molar-refractivity contribution is 14.1. The summed E-state index contributed by atoms with van der Waals surface area (Å²) in [6.07, 6.45) is 0.520. The molecule has 1 aliphatic heterocycles. The summed E-state index contributed by atoms with van der Waals surface area (Å²) < 4.78 is 5.99. The van der Waals surface area contributed by atoms with Crippen LogP contribution in [-0.4, -0.2) is 12.7 Å². The van der Waals surface area contributed by atoms with E-state index in [9.17, 15) is 4.79 Å². The van der Waals surface area contributed by atoms with Gasteiger partial charge in [0.15, 0.2) is 0 Å². The maximum atomic E-state index is 11.0. The van der Waals surface area contributed by atoms with Crippen LogP contribution in [0.1, 0.15) is 18.0 Å². The van der Waals surface area contributed by atoms with Crippen LogP contribution in [0, 0.1) is 3.57 Å². The minimum absolute atomic E-state index is 0. The summed E-state index contributed by atoms with van der Waals surface area (Å²) in [6, 6.07) is 8.24. The highest BCUT2D eigenvalue weighted by Crippen LogP contribution is 2.21. The molecule has 1 aliphatic rings. The lowest BCUT2D eigenvalue weighted by atomic mass is 10.0. The Balaban J connectivity index is 0.00000112. The topological polar surface area (TPSA) is 38.3 Å². The van der Waals surface area contributed by atoms with Crippen molar-refractivity contribution >= 4 is 41.1 Å². The average Bonchev–Trinajstić information content (AvgIpc) is 2.18. The first-order valence-electron chi connectivity index (χ1n) is 4.44. The van der Waals surface area contributed by atoms with Crippen LogP contribution in [-0.2, 0) is 4.74 Å². The highest BCUT2D eigenvalue weighted by Gasteiger charge is 2.20. The number of carbonyl (C=O) groups excluding carboxylic acids is 1. The van der Waals surface area contributed by atoms with E-state index >= 15 is 0 Å². The Kier molecular flexibility index (Phi) is 4.66. The third kappa shape index (κ3) is 3.24. The molecule has 1 aromatic carbocycles. The van der Waals surface area contributed by atoms with Crippen molar-refractivity contribution in [1.82, 2.24) is 5.32 Å². The number of nitrogens with one attached hydrogen (secondary N) is 1. The van der Waals surface area contributed by atoms with E-state index in [1.54, 1.807) is 0 Å². The van der Waals surface area contributed by atoms with Gasteiger partial charge in [0.05, 0.1) is 12.6 Å².